The molecule has 0 saturated heterocycles. The standard InChI is InChI=1S/C12H19FN2O/c1-3-15(7-8-16-2)12-10(9-14)5-4-6-11(12)13/h4-6H,3,7-9,14H2,1-2H3. The fourth-order valence-electron chi connectivity index (χ4n) is 1.71. The molecule has 16 heavy (non-hydrogen) atoms. The fourth-order valence-corrected chi connectivity index (χ4v) is 1.71. The second kappa shape index (κ2) is 6.45. The molecule has 0 atom stereocenters. The summed E-state index contributed by atoms with van der Waals surface area (Å²) >= 11 is 0. The van der Waals surface area contributed by atoms with E-state index in [-0.39, 0.29) is 5.82 Å². The third kappa shape index (κ3) is 2.93. The van der Waals surface area contributed by atoms with Crippen LogP contribution in [0.4, 0.5) is 10.1 Å². The Balaban J connectivity index is 2.97. The van der Waals surface area contributed by atoms with Gasteiger partial charge in [-0.3, -0.25) is 0 Å². The highest BCUT2D eigenvalue weighted by Gasteiger charge is 2.13. The first-order valence-electron chi connectivity index (χ1n) is 5.45. The second-order valence-corrected chi connectivity index (χ2v) is 3.52. The zero-order chi connectivity index (χ0) is 12.0. The van der Waals surface area contributed by atoms with Gasteiger partial charge < -0.3 is 15.4 Å². The number of benzene rings is 1. The Morgan fingerprint density at radius 3 is 2.75 bits per heavy atom. The third-order valence-electron chi connectivity index (χ3n) is 2.55. The van der Waals surface area contributed by atoms with Gasteiger partial charge in [0, 0.05) is 26.7 Å². The van der Waals surface area contributed by atoms with E-state index in [1.807, 2.05) is 17.9 Å². The SMILES string of the molecule is CCN(CCOC)c1c(F)cccc1CN. The first-order chi connectivity index (χ1) is 7.74. The summed E-state index contributed by atoms with van der Waals surface area (Å²) in [5, 5.41) is 0. The van der Waals surface area contributed by atoms with Crippen LogP contribution >= 0.6 is 0 Å². The highest BCUT2D eigenvalue weighted by molar-refractivity contribution is 5.54. The third-order valence-corrected chi connectivity index (χ3v) is 2.55. The van der Waals surface area contributed by atoms with Crippen LogP contribution in [0.15, 0.2) is 18.2 Å². The quantitative estimate of drug-likeness (QED) is 0.803. The summed E-state index contributed by atoms with van der Waals surface area (Å²) in [6, 6.07) is 5.00. The van der Waals surface area contributed by atoms with Crippen molar-refractivity contribution in [3.63, 3.8) is 0 Å². The van der Waals surface area contributed by atoms with Crippen LogP contribution in [0.3, 0.4) is 0 Å². The number of nitrogens with two attached hydrogens (primary N) is 1. The number of hydrogen-bond donors (Lipinski definition) is 1. The Labute approximate surface area is 96.0 Å². The molecule has 1 aromatic carbocycles. The minimum atomic E-state index is -0.221. The zero-order valence-electron chi connectivity index (χ0n) is 9.87. The number of likely N-dealkylation sites (N-methyl/N-ethyl adjacent to an activating group) is 1. The molecule has 0 radical (unpaired) electrons. The summed E-state index contributed by atoms with van der Waals surface area (Å²) < 4.78 is 18.8. The van der Waals surface area contributed by atoms with Crippen LogP contribution in [0.5, 0.6) is 0 Å². The van der Waals surface area contributed by atoms with E-state index >= 15 is 0 Å². The van der Waals surface area contributed by atoms with Gasteiger partial charge in [0.05, 0.1) is 12.3 Å². The molecule has 0 unspecified atom stereocenters. The van der Waals surface area contributed by atoms with Crippen molar-refractivity contribution in [1.82, 2.24) is 0 Å². The molecular weight excluding hydrogens is 207 g/mol. The summed E-state index contributed by atoms with van der Waals surface area (Å²) in [5.74, 6) is -0.221. The Morgan fingerprint density at radius 2 is 2.19 bits per heavy atom. The van der Waals surface area contributed by atoms with E-state index in [4.69, 9.17) is 10.5 Å². The maximum atomic E-state index is 13.8. The maximum absolute atomic E-state index is 13.8. The minimum Gasteiger partial charge on any atom is -0.383 e. The van der Waals surface area contributed by atoms with Crippen molar-refractivity contribution >= 4 is 5.69 Å². The lowest BCUT2D eigenvalue weighted by atomic mass is 10.1. The molecule has 1 aromatic rings. The van der Waals surface area contributed by atoms with Crippen molar-refractivity contribution in [3.8, 4) is 0 Å². The summed E-state index contributed by atoms with van der Waals surface area (Å²) in [6.07, 6.45) is 0. The van der Waals surface area contributed by atoms with Crippen molar-refractivity contribution in [1.29, 1.82) is 0 Å². The summed E-state index contributed by atoms with van der Waals surface area (Å²) in [4.78, 5) is 1.95. The largest absolute Gasteiger partial charge is 0.383 e. The van der Waals surface area contributed by atoms with E-state index < -0.39 is 0 Å². The number of hydrogen-bond acceptors (Lipinski definition) is 3. The van der Waals surface area contributed by atoms with Gasteiger partial charge in [-0.15, -0.1) is 0 Å². The molecule has 1 rings (SSSR count). The number of nitrogens with zero attached hydrogens (tertiary/aromatic N) is 1. The molecule has 0 heterocycles. The van der Waals surface area contributed by atoms with Crippen molar-refractivity contribution in [2.45, 2.75) is 13.5 Å². The predicted molar refractivity (Wildman–Crippen MR) is 64.1 cm³/mol. The highest BCUT2D eigenvalue weighted by Crippen LogP contribution is 2.23. The lowest BCUT2D eigenvalue weighted by molar-refractivity contribution is 0.205. The second-order valence-electron chi connectivity index (χ2n) is 3.52. The molecule has 0 fully saturated rings. The maximum Gasteiger partial charge on any atom is 0.146 e. The average molecular weight is 226 g/mol. The summed E-state index contributed by atoms with van der Waals surface area (Å²) in [5.41, 5.74) is 7.05. The number of halogens is 1. The number of methoxy groups -OCH3 is 1. The normalized spacial score (nSPS) is 10.5. The van der Waals surface area contributed by atoms with E-state index in [1.165, 1.54) is 6.07 Å². The van der Waals surface area contributed by atoms with Crippen LogP contribution in [-0.2, 0) is 11.3 Å². The molecule has 0 saturated carbocycles. The van der Waals surface area contributed by atoms with E-state index in [0.717, 1.165) is 12.1 Å². The Bertz CT molecular complexity index is 331. The van der Waals surface area contributed by atoms with Gasteiger partial charge in [0.1, 0.15) is 5.82 Å². The van der Waals surface area contributed by atoms with Gasteiger partial charge in [0.2, 0.25) is 0 Å². The van der Waals surface area contributed by atoms with E-state index in [2.05, 4.69) is 0 Å². The molecule has 0 amide bonds. The lowest BCUT2D eigenvalue weighted by Gasteiger charge is -2.25. The van der Waals surface area contributed by atoms with E-state index in [9.17, 15) is 4.39 Å². The smallest absolute Gasteiger partial charge is 0.146 e. The van der Waals surface area contributed by atoms with Gasteiger partial charge in [-0.1, -0.05) is 12.1 Å². The van der Waals surface area contributed by atoms with Crippen molar-refractivity contribution in [2.75, 3.05) is 31.7 Å². The molecule has 3 nitrogen and oxygen atoms in total. The van der Waals surface area contributed by atoms with Gasteiger partial charge in [-0.2, -0.15) is 0 Å². The Morgan fingerprint density at radius 1 is 1.44 bits per heavy atom. The van der Waals surface area contributed by atoms with Crippen LogP contribution in [0.2, 0.25) is 0 Å². The van der Waals surface area contributed by atoms with E-state index in [0.29, 0.717) is 25.4 Å². The van der Waals surface area contributed by atoms with Crippen LogP contribution in [-0.4, -0.2) is 26.8 Å². The molecule has 4 heteroatoms. The average Bonchev–Trinajstić information content (AvgIpc) is 2.31. The summed E-state index contributed by atoms with van der Waals surface area (Å²) in [7, 11) is 1.64. The molecule has 0 aliphatic carbocycles. The number of rotatable bonds is 6. The fraction of sp³-hybridized carbons (Fsp3) is 0.500. The first kappa shape index (κ1) is 12.9. The monoisotopic (exact) mass is 226 g/mol. The van der Waals surface area contributed by atoms with E-state index in [1.54, 1.807) is 13.2 Å². The molecular formula is C12H19FN2O. The van der Waals surface area contributed by atoms with Crippen LogP contribution < -0.4 is 10.6 Å². The van der Waals surface area contributed by atoms with Gasteiger partial charge in [0.15, 0.2) is 0 Å². The molecule has 2 N–H and O–H groups in total. The van der Waals surface area contributed by atoms with Crippen LogP contribution in [0, 0.1) is 5.82 Å². The minimum absolute atomic E-state index is 0.221. The lowest BCUT2D eigenvalue weighted by Crippen LogP contribution is -2.29. The molecule has 90 valence electrons. The highest BCUT2D eigenvalue weighted by atomic mass is 19.1. The predicted octanol–water partition coefficient (Wildman–Crippen LogP) is 1.76. The van der Waals surface area contributed by atoms with Crippen LogP contribution in [0.25, 0.3) is 0 Å². The number of ether oxygens (including phenoxy) is 1. The molecule has 0 aromatic heterocycles. The topological polar surface area (TPSA) is 38.5 Å². The van der Waals surface area contributed by atoms with Gasteiger partial charge in [-0.25, -0.2) is 4.39 Å². The molecule has 0 spiro atoms. The zero-order valence-corrected chi connectivity index (χ0v) is 9.87. The van der Waals surface area contributed by atoms with Crippen molar-refractivity contribution in [3.05, 3.63) is 29.6 Å². The molecule has 0 bridgehead atoms. The number of anilines is 1. The van der Waals surface area contributed by atoms with Crippen LogP contribution in [0.1, 0.15) is 12.5 Å². The van der Waals surface area contributed by atoms with Crippen molar-refractivity contribution < 1.29 is 9.13 Å². The number of para-hydroxylation sites is 1. The molecule has 0 aliphatic heterocycles. The van der Waals surface area contributed by atoms with Gasteiger partial charge in [-0.05, 0) is 18.6 Å². The Hall–Kier alpha value is -1.13. The Kier molecular flexibility index (Phi) is 5.22. The molecule has 0 aliphatic rings. The van der Waals surface area contributed by atoms with Gasteiger partial charge in [0.25, 0.3) is 0 Å². The van der Waals surface area contributed by atoms with Gasteiger partial charge >= 0.3 is 0 Å². The summed E-state index contributed by atoms with van der Waals surface area (Å²) in [6.45, 7) is 4.31. The van der Waals surface area contributed by atoms with Crippen molar-refractivity contribution in [2.24, 2.45) is 5.73 Å². The first-order valence-corrected chi connectivity index (χ1v) is 5.45.